The van der Waals surface area contributed by atoms with Crippen LogP contribution in [0.5, 0.6) is 5.75 Å². The van der Waals surface area contributed by atoms with Gasteiger partial charge in [0.2, 0.25) is 5.95 Å². The highest BCUT2D eigenvalue weighted by atomic mass is 16.5. The van der Waals surface area contributed by atoms with Gasteiger partial charge in [-0.3, -0.25) is 10.1 Å². The zero-order chi connectivity index (χ0) is 20.2. The lowest BCUT2D eigenvalue weighted by molar-refractivity contribution is 0.0698. The summed E-state index contributed by atoms with van der Waals surface area (Å²) in [6.45, 7) is 0.656. The largest absolute Gasteiger partial charge is 0.492 e. The molecule has 0 saturated heterocycles. The summed E-state index contributed by atoms with van der Waals surface area (Å²) in [5, 5.41) is 11.8. The fourth-order valence-corrected chi connectivity index (χ4v) is 3.68. The molecule has 1 saturated carbocycles. The third-order valence-corrected chi connectivity index (χ3v) is 5.21. The molecule has 0 atom stereocenters. The first-order valence-corrected chi connectivity index (χ1v) is 9.72. The fourth-order valence-electron chi connectivity index (χ4n) is 3.68. The van der Waals surface area contributed by atoms with E-state index in [0.717, 1.165) is 12.3 Å². The van der Waals surface area contributed by atoms with E-state index in [9.17, 15) is 14.7 Å². The van der Waals surface area contributed by atoms with Crippen LogP contribution in [0.15, 0.2) is 36.5 Å². The molecule has 2 aromatic heterocycles. The van der Waals surface area contributed by atoms with E-state index < -0.39 is 11.9 Å². The van der Waals surface area contributed by atoms with E-state index >= 15 is 0 Å². The van der Waals surface area contributed by atoms with Crippen molar-refractivity contribution in [2.45, 2.75) is 32.1 Å². The Morgan fingerprint density at radius 2 is 2.03 bits per heavy atom. The molecule has 1 aromatic carbocycles. The second kappa shape index (κ2) is 8.30. The molecule has 4 rings (SSSR count). The molecule has 0 unspecified atom stereocenters. The van der Waals surface area contributed by atoms with E-state index in [1.807, 2.05) is 0 Å². The van der Waals surface area contributed by atoms with Gasteiger partial charge in [-0.1, -0.05) is 31.7 Å². The van der Waals surface area contributed by atoms with Crippen LogP contribution in [0.1, 0.15) is 53.0 Å². The third kappa shape index (κ3) is 4.37. The number of ether oxygens (including phenoxy) is 1. The molecule has 3 aromatic rings. The van der Waals surface area contributed by atoms with Crippen molar-refractivity contribution in [2.24, 2.45) is 5.92 Å². The number of aromatic carboxylic acids is 1. The zero-order valence-electron chi connectivity index (χ0n) is 15.9. The molecular formula is C21H22N4O4. The molecule has 0 spiro atoms. The number of aromatic amines is 1. The molecule has 3 N–H and O–H groups in total. The van der Waals surface area contributed by atoms with Crippen molar-refractivity contribution < 1.29 is 19.4 Å². The van der Waals surface area contributed by atoms with Gasteiger partial charge in [0.25, 0.3) is 5.91 Å². The predicted molar refractivity (Wildman–Crippen MR) is 107 cm³/mol. The average Bonchev–Trinajstić information content (AvgIpc) is 3.37. The lowest BCUT2D eigenvalue weighted by Crippen LogP contribution is -2.14. The van der Waals surface area contributed by atoms with Gasteiger partial charge in [-0.2, -0.15) is 0 Å². The molecule has 8 nitrogen and oxygen atoms in total. The third-order valence-electron chi connectivity index (χ3n) is 5.21. The van der Waals surface area contributed by atoms with Gasteiger partial charge in [-0.25, -0.2) is 14.8 Å². The summed E-state index contributed by atoms with van der Waals surface area (Å²) in [4.78, 5) is 34.9. The topological polar surface area (TPSA) is 117 Å². The second-order valence-corrected chi connectivity index (χ2v) is 7.21. The van der Waals surface area contributed by atoms with E-state index in [-0.39, 0.29) is 22.7 Å². The van der Waals surface area contributed by atoms with Crippen molar-refractivity contribution in [3.05, 3.63) is 47.8 Å². The number of carboxylic acids is 1. The first kappa shape index (κ1) is 18.9. The number of pyridine rings is 1. The number of benzene rings is 1. The van der Waals surface area contributed by atoms with E-state index in [1.54, 1.807) is 24.3 Å². The van der Waals surface area contributed by atoms with Crippen LogP contribution in [0.25, 0.3) is 11.0 Å². The van der Waals surface area contributed by atoms with Gasteiger partial charge in [0, 0.05) is 0 Å². The average molecular weight is 394 g/mol. The summed E-state index contributed by atoms with van der Waals surface area (Å²) < 4.78 is 5.73. The number of H-pyrrole nitrogens is 1. The highest BCUT2D eigenvalue weighted by Gasteiger charge is 2.16. The monoisotopic (exact) mass is 394 g/mol. The SMILES string of the molecule is O=C(Nc1nc2c(C(=O)O)cccc2[nH]1)c1ccc(OCCC2CCCC2)cn1. The van der Waals surface area contributed by atoms with Crippen LogP contribution < -0.4 is 10.1 Å². The Bertz CT molecular complexity index is 1020. The zero-order valence-corrected chi connectivity index (χ0v) is 15.9. The second-order valence-electron chi connectivity index (χ2n) is 7.21. The minimum Gasteiger partial charge on any atom is -0.492 e. The van der Waals surface area contributed by atoms with Gasteiger partial charge >= 0.3 is 5.97 Å². The number of imidazole rings is 1. The van der Waals surface area contributed by atoms with E-state index in [1.165, 1.54) is 37.9 Å². The van der Waals surface area contributed by atoms with Gasteiger partial charge in [0.15, 0.2) is 0 Å². The molecule has 1 aliphatic rings. The van der Waals surface area contributed by atoms with Gasteiger partial charge < -0.3 is 14.8 Å². The van der Waals surface area contributed by atoms with Crippen LogP contribution in [0, 0.1) is 5.92 Å². The number of carbonyl (C=O) groups is 2. The molecule has 0 radical (unpaired) electrons. The maximum Gasteiger partial charge on any atom is 0.337 e. The van der Waals surface area contributed by atoms with E-state index in [2.05, 4.69) is 20.3 Å². The van der Waals surface area contributed by atoms with Crippen molar-refractivity contribution in [1.82, 2.24) is 15.0 Å². The number of nitrogens with one attached hydrogen (secondary N) is 2. The number of hydrogen-bond donors (Lipinski definition) is 3. The fraction of sp³-hybridized carbons (Fsp3) is 0.333. The highest BCUT2D eigenvalue weighted by molar-refractivity contribution is 6.04. The van der Waals surface area contributed by atoms with Crippen molar-refractivity contribution in [3.63, 3.8) is 0 Å². The summed E-state index contributed by atoms with van der Waals surface area (Å²) in [5.74, 6) is 0.0360. The summed E-state index contributed by atoms with van der Waals surface area (Å²) in [5.41, 5.74) is 1.09. The van der Waals surface area contributed by atoms with Crippen molar-refractivity contribution >= 4 is 28.9 Å². The van der Waals surface area contributed by atoms with Crippen molar-refractivity contribution in [2.75, 3.05) is 11.9 Å². The number of fused-ring (bicyclic) bond motifs is 1. The lowest BCUT2D eigenvalue weighted by atomic mass is 10.1. The first-order chi connectivity index (χ1) is 14.1. The van der Waals surface area contributed by atoms with Crippen LogP contribution in [0.3, 0.4) is 0 Å². The molecule has 1 amide bonds. The summed E-state index contributed by atoms with van der Waals surface area (Å²) >= 11 is 0. The number of amides is 1. The summed E-state index contributed by atoms with van der Waals surface area (Å²) in [6.07, 6.45) is 7.79. The van der Waals surface area contributed by atoms with E-state index in [4.69, 9.17) is 4.74 Å². The Kier molecular flexibility index (Phi) is 5.41. The van der Waals surface area contributed by atoms with Crippen molar-refractivity contribution in [1.29, 1.82) is 0 Å². The number of para-hydroxylation sites is 1. The first-order valence-electron chi connectivity index (χ1n) is 9.72. The van der Waals surface area contributed by atoms with Crippen LogP contribution in [0.4, 0.5) is 5.95 Å². The van der Waals surface area contributed by atoms with Crippen molar-refractivity contribution in [3.8, 4) is 5.75 Å². The number of carbonyl (C=O) groups excluding carboxylic acids is 1. The number of anilines is 1. The Balaban J connectivity index is 1.37. The maximum atomic E-state index is 12.4. The quantitative estimate of drug-likeness (QED) is 0.560. The number of carboxylic acid groups (broad SMARTS) is 1. The highest BCUT2D eigenvalue weighted by Crippen LogP contribution is 2.27. The Labute approximate surface area is 167 Å². The molecule has 0 bridgehead atoms. The molecule has 1 aliphatic carbocycles. The van der Waals surface area contributed by atoms with Crippen LogP contribution >= 0.6 is 0 Å². The summed E-state index contributed by atoms with van der Waals surface area (Å²) in [7, 11) is 0. The summed E-state index contributed by atoms with van der Waals surface area (Å²) in [6, 6.07) is 8.08. The number of hydrogen-bond acceptors (Lipinski definition) is 5. The molecule has 29 heavy (non-hydrogen) atoms. The molecule has 0 aliphatic heterocycles. The molecule has 8 heteroatoms. The normalized spacial score (nSPS) is 14.2. The van der Waals surface area contributed by atoms with Gasteiger partial charge in [0.05, 0.1) is 23.9 Å². The molecule has 1 fully saturated rings. The molecular weight excluding hydrogens is 372 g/mol. The lowest BCUT2D eigenvalue weighted by Gasteiger charge is -2.10. The van der Waals surface area contributed by atoms with Crippen LogP contribution in [-0.2, 0) is 0 Å². The minimum absolute atomic E-state index is 0.0662. The van der Waals surface area contributed by atoms with E-state index in [0.29, 0.717) is 17.9 Å². The Morgan fingerprint density at radius 1 is 1.21 bits per heavy atom. The van der Waals surface area contributed by atoms with Crippen LogP contribution in [-0.4, -0.2) is 38.5 Å². The Morgan fingerprint density at radius 3 is 2.76 bits per heavy atom. The number of rotatable bonds is 7. The van der Waals surface area contributed by atoms with Gasteiger partial charge in [-0.05, 0) is 36.6 Å². The maximum absolute atomic E-state index is 12.4. The smallest absolute Gasteiger partial charge is 0.337 e. The van der Waals surface area contributed by atoms with Gasteiger partial charge in [-0.15, -0.1) is 0 Å². The predicted octanol–water partition coefficient (Wildman–Crippen LogP) is 3.87. The minimum atomic E-state index is -1.08. The van der Waals surface area contributed by atoms with Crippen LogP contribution in [0.2, 0.25) is 0 Å². The molecule has 2 heterocycles. The Hall–Kier alpha value is -3.42. The number of nitrogens with zero attached hydrogens (tertiary/aromatic N) is 2. The standard InChI is InChI=1S/C21H22N4O4/c26-19(25-21-23-16-7-3-6-15(20(27)28)18(16)24-21)17-9-8-14(12-22-17)29-11-10-13-4-1-2-5-13/h3,6-9,12-13H,1-2,4-5,10-11H2,(H,27,28)(H2,23,24,25,26). The molecule has 150 valence electrons. The van der Waals surface area contributed by atoms with Gasteiger partial charge in [0.1, 0.15) is 17.0 Å². The number of aromatic nitrogens is 3.